The van der Waals surface area contributed by atoms with Crippen molar-refractivity contribution in [3.63, 3.8) is 0 Å². The number of aryl methyl sites for hydroxylation is 3. The van der Waals surface area contributed by atoms with E-state index in [0.717, 1.165) is 60.5 Å². The third-order valence-corrected chi connectivity index (χ3v) is 5.36. The Morgan fingerprint density at radius 1 is 1.35 bits per heavy atom. The van der Waals surface area contributed by atoms with Crippen LogP contribution in [0.4, 0.5) is 0 Å². The Labute approximate surface area is 153 Å². The summed E-state index contributed by atoms with van der Waals surface area (Å²) in [5.41, 5.74) is 2.57. The van der Waals surface area contributed by atoms with Crippen molar-refractivity contribution in [2.45, 2.75) is 45.1 Å². The Balaban J connectivity index is 1.52. The molecular weight excluding hydrogens is 326 g/mol. The SMILES string of the molecule is Cc1nc2ccc(C(=O)N3CCCC[C@@H]3CCc3nccn3C)cc2[nH]1. The van der Waals surface area contributed by atoms with Crippen LogP contribution in [0.3, 0.4) is 0 Å². The van der Waals surface area contributed by atoms with Gasteiger partial charge in [-0.15, -0.1) is 0 Å². The number of nitrogens with one attached hydrogen (secondary N) is 1. The maximum atomic E-state index is 13.2. The van der Waals surface area contributed by atoms with Crippen molar-refractivity contribution in [3.8, 4) is 0 Å². The zero-order valence-electron chi connectivity index (χ0n) is 15.4. The number of amides is 1. The molecule has 1 aliphatic rings. The van der Waals surface area contributed by atoms with E-state index < -0.39 is 0 Å². The fraction of sp³-hybridized carbons (Fsp3) is 0.450. The first-order chi connectivity index (χ1) is 12.6. The Hall–Kier alpha value is -2.63. The number of hydrogen-bond acceptors (Lipinski definition) is 3. The quantitative estimate of drug-likeness (QED) is 0.785. The second kappa shape index (κ2) is 6.94. The van der Waals surface area contributed by atoms with Gasteiger partial charge in [0, 0.05) is 44.0 Å². The Kier molecular flexibility index (Phi) is 4.49. The Bertz CT molecular complexity index is 925. The highest BCUT2D eigenvalue weighted by Gasteiger charge is 2.27. The van der Waals surface area contributed by atoms with Crippen LogP contribution in [0.5, 0.6) is 0 Å². The normalized spacial score (nSPS) is 17.8. The van der Waals surface area contributed by atoms with Gasteiger partial charge in [-0.2, -0.15) is 0 Å². The number of likely N-dealkylation sites (tertiary alicyclic amines) is 1. The van der Waals surface area contributed by atoms with Crippen molar-refractivity contribution in [2.75, 3.05) is 6.54 Å². The number of benzene rings is 1. The average molecular weight is 351 g/mol. The van der Waals surface area contributed by atoms with Gasteiger partial charge >= 0.3 is 0 Å². The second-order valence-electron chi connectivity index (χ2n) is 7.20. The summed E-state index contributed by atoms with van der Waals surface area (Å²) in [6.07, 6.45) is 9.01. The lowest BCUT2D eigenvalue weighted by Gasteiger charge is -2.36. The maximum Gasteiger partial charge on any atom is 0.254 e. The molecule has 0 aliphatic carbocycles. The number of H-pyrrole nitrogens is 1. The van der Waals surface area contributed by atoms with Gasteiger partial charge in [0.1, 0.15) is 11.6 Å². The maximum absolute atomic E-state index is 13.2. The highest BCUT2D eigenvalue weighted by molar-refractivity contribution is 5.97. The highest BCUT2D eigenvalue weighted by Crippen LogP contribution is 2.24. The first kappa shape index (κ1) is 16.8. The van der Waals surface area contributed by atoms with E-state index in [1.807, 2.05) is 44.6 Å². The topological polar surface area (TPSA) is 66.8 Å². The van der Waals surface area contributed by atoms with Crippen LogP contribution in [0.25, 0.3) is 11.0 Å². The Morgan fingerprint density at radius 2 is 2.23 bits per heavy atom. The smallest absolute Gasteiger partial charge is 0.254 e. The van der Waals surface area contributed by atoms with Crippen LogP contribution in [0.2, 0.25) is 0 Å². The fourth-order valence-electron chi connectivity index (χ4n) is 3.94. The summed E-state index contributed by atoms with van der Waals surface area (Å²) in [6, 6.07) is 6.04. The summed E-state index contributed by atoms with van der Waals surface area (Å²) in [5.74, 6) is 2.08. The molecule has 2 aromatic heterocycles. The minimum atomic E-state index is 0.128. The lowest BCUT2D eigenvalue weighted by atomic mass is 9.96. The highest BCUT2D eigenvalue weighted by atomic mass is 16.2. The minimum Gasteiger partial charge on any atom is -0.342 e. The first-order valence-corrected chi connectivity index (χ1v) is 9.35. The molecule has 6 nitrogen and oxygen atoms in total. The molecule has 26 heavy (non-hydrogen) atoms. The molecule has 3 heterocycles. The number of piperidine rings is 1. The number of aromatic amines is 1. The van der Waals surface area contributed by atoms with E-state index in [2.05, 4.69) is 24.4 Å². The van der Waals surface area contributed by atoms with E-state index in [1.165, 1.54) is 6.42 Å². The number of carbonyl (C=O) groups is 1. The largest absolute Gasteiger partial charge is 0.342 e. The van der Waals surface area contributed by atoms with Gasteiger partial charge in [0.05, 0.1) is 11.0 Å². The molecule has 0 radical (unpaired) electrons. The molecule has 1 aliphatic heterocycles. The van der Waals surface area contributed by atoms with E-state index in [1.54, 1.807) is 0 Å². The van der Waals surface area contributed by atoms with E-state index in [4.69, 9.17) is 0 Å². The van der Waals surface area contributed by atoms with Gasteiger partial charge in [0.2, 0.25) is 0 Å². The zero-order valence-corrected chi connectivity index (χ0v) is 15.4. The number of rotatable bonds is 4. The van der Waals surface area contributed by atoms with Crippen LogP contribution < -0.4 is 0 Å². The minimum absolute atomic E-state index is 0.128. The number of fused-ring (bicyclic) bond motifs is 1. The van der Waals surface area contributed by atoms with Crippen LogP contribution in [0.15, 0.2) is 30.6 Å². The predicted molar refractivity (Wildman–Crippen MR) is 101 cm³/mol. The van der Waals surface area contributed by atoms with E-state index >= 15 is 0 Å². The third kappa shape index (κ3) is 3.23. The molecule has 1 saturated heterocycles. The van der Waals surface area contributed by atoms with Gasteiger partial charge in [0.25, 0.3) is 5.91 Å². The molecule has 1 atom stereocenters. The fourth-order valence-corrected chi connectivity index (χ4v) is 3.94. The van der Waals surface area contributed by atoms with E-state index in [9.17, 15) is 4.79 Å². The molecule has 1 N–H and O–H groups in total. The summed E-state index contributed by atoms with van der Waals surface area (Å²) < 4.78 is 2.06. The monoisotopic (exact) mass is 351 g/mol. The first-order valence-electron chi connectivity index (χ1n) is 9.35. The van der Waals surface area contributed by atoms with Gasteiger partial charge in [-0.25, -0.2) is 9.97 Å². The van der Waals surface area contributed by atoms with E-state index in [-0.39, 0.29) is 11.9 Å². The van der Waals surface area contributed by atoms with Crippen molar-refractivity contribution in [1.82, 2.24) is 24.4 Å². The van der Waals surface area contributed by atoms with Crippen molar-refractivity contribution in [3.05, 3.63) is 47.8 Å². The van der Waals surface area contributed by atoms with E-state index in [0.29, 0.717) is 0 Å². The number of nitrogens with zero attached hydrogens (tertiary/aromatic N) is 4. The van der Waals surface area contributed by atoms with Gasteiger partial charge in [-0.05, 0) is 50.8 Å². The Morgan fingerprint density at radius 3 is 3.04 bits per heavy atom. The molecule has 0 spiro atoms. The van der Waals surface area contributed by atoms with Gasteiger partial charge in [-0.3, -0.25) is 4.79 Å². The summed E-state index contributed by atoms with van der Waals surface area (Å²) >= 11 is 0. The third-order valence-electron chi connectivity index (χ3n) is 5.36. The van der Waals surface area contributed by atoms with Gasteiger partial charge in [-0.1, -0.05) is 0 Å². The molecule has 0 bridgehead atoms. The molecule has 136 valence electrons. The van der Waals surface area contributed by atoms with Crippen molar-refractivity contribution in [1.29, 1.82) is 0 Å². The molecule has 6 heteroatoms. The molecule has 1 amide bonds. The standard InChI is InChI=1S/C20H25N5O/c1-14-22-17-8-6-15(13-18(17)23-14)20(26)25-11-4-3-5-16(25)7-9-19-21-10-12-24(19)2/h6,8,10,12-13,16H,3-5,7,9,11H2,1-2H3,(H,22,23)/t16-/m1/s1. The van der Waals surface area contributed by atoms with Gasteiger partial charge < -0.3 is 14.5 Å². The van der Waals surface area contributed by atoms with Crippen LogP contribution in [-0.2, 0) is 13.5 Å². The van der Waals surface area contributed by atoms with Crippen molar-refractivity contribution < 1.29 is 4.79 Å². The number of carbonyl (C=O) groups excluding carboxylic acids is 1. The molecule has 0 unspecified atom stereocenters. The summed E-state index contributed by atoms with van der Waals surface area (Å²) in [4.78, 5) is 27.3. The lowest BCUT2D eigenvalue weighted by molar-refractivity contribution is 0.0601. The van der Waals surface area contributed by atoms with Crippen molar-refractivity contribution in [2.24, 2.45) is 7.05 Å². The van der Waals surface area contributed by atoms with Crippen LogP contribution in [0.1, 0.15) is 47.7 Å². The summed E-state index contributed by atoms with van der Waals surface area (Å²) in [5, 5.41) is 0. The average Bonchev–Trinajstić information content (AvgIpc) is 3.23. The van der Waals surface area contributed by atoms with Gasteiger partial charge in [0.15, 0.2) is 0 Å². The number of imidazole rings is 2. The predicted octanol–water partition coefficient (Wildman–Crippen LogP) is 3.23. The molecule has 3 aromatic rings. The molecular formula is C20H25N5O. The van der Waals surface area contributed by atoms with Crippen LogP contribution in [0, 0.1) is 6.92 Å². The zero-order chi connectivity index (χ0) is 18.1. The summed E-state index contributed by atoms with van der Waals surface area (Å²) in [6.45, 7) is 2.77. The number of aromatic nitrogens is 4. The lowest BCUT2D eigenvalue weighted by Crippen LogP contribution is -2.44. The molecule has 1 fully saturated rings. The van der Waals surface area contributed by atoms with Crippen LogP contribution >= 0.6 is 0 Å². The molecule has 4 rings (SSSR count). The molecule has 1 aromatic carbocycles. The van der Waals surface area contributed by atoms with Crippen molar-refractivity contribution >= 4 is 16.9 Å². The molecule has 0 saturated carbocycles. The second-order valence-corrected chi connectivity index (χ2v) is 7.20. The van der Waals surface area contributed by atoms with Crippen LogP contribution in [-0.4, -0.2) is 42.9 Å². The summed E-state index contributed by atoms with van der Waals surface area (Å²) in [7, 11) is 2.02. The number of hydrogen-bond donors (Lipinski definition) is 1.